The Morgan fingerprint density at radius 3 is 2.88 bits per heavy atom. The Hall–Kier alpha value is -0.990. The summed E-state index contributed by atoms with van der Waals surface area (Å²) < 4.78 is 2.05. The Kier molecular flexibility index (Phi) is 3.22. The predicted octanol–water partition coefficient (Wildman–Crippen LogP) is 2.97. The summed E-state index contributed by atoms with van der Waals surface area (Å²) in [6.45, 7) is 2.87. The van der Waals surface area contributed by atoms with Crippen molar-refractivity contribution in [3.05, 3.63) is 35.0 Å². The van der Waals surface area contributed by atoms with Crippen LogP contribution in [0, 0.1) is 5.92 Å². The van der Waals surface area contributed by atoms with Gasteiger partial charge in [0.05, 0.1) is 10.5 Å². The molecule has 0 amide bonds. The predicted molar refractivity (Wildman–Crippen MR) is 69.9 cm³/mol. The lowest BCUT2D eigenvalue weighted by Gasteiger charge is -2.09. The van der Waals surface area contributed by atoms with Crippen LogP contribution in [0.2, 0.25) is 5.02 Å². The number of rotatable bonds is 3. The molecule has 3 heteroatoms. The number of aryl methyl sites for hydroxylation is 1. The third kappa shape index (κ3) is 2.08. The molecule has 1 aromatic heterocycles. The van der Waals surface area contributed by atoms with Gasteiger partial charge < -0.3 is 10.3 Å². The highest BCUT2D eigenvalue weighted by atomic mass is 35.5. The van der Waals surface area contributed by atoms with E-state index in [4.69, 9.17) is 17.3 Å². The Balaban J connectivity index is 2.42. The second kappa shape index (κ2) is 4.48. The minimum atomic E-state index is 0.497. The molecule has 1 heterocycles. The number of hydrogen-bond donors (Lipinski definition) is 1. The quantitative estimate of drug-likeness (QED) is 0.873. The van der Waals surface area contributed by atoms with Crippen LogP contribution >= 0.6 is 11.6 Å². The summed E-state index contributed by atoms with van der Waals surface area (Å²) >= 11 is 6.28. The average Bonchev–Trinajstić information content (AvgIpc) is 2.60. The first kappa shape index (κ1) is 11.5. The maximum Gasteiger partial charge on any atom is 0.0667 e. The van der Waals surface area contributed by atoms with Gasteiger partial charge in [0.15, 0.2) is 0 Å². The van der Waals surface area contributed by atoms with Crippen molar-refractivity contribution in [1.82, 2.24) is 4.57 Å². The summed E-state index contributed by atoms with van der Waals surface area (Å²) in [5.74, 6) is 0.497. The fraction of sp³-hybridized carbons (Fsp3) is 0.385. The van der Waals surface area contributed by atoms with Crippen molar-refractivity contribution in [1.29, 1.82) is 0 Å². The second-order valence-electron chi connectivity index (χ2n) is 4.49. The lowest BCUT2D eigenvalue weighted by atomic mass is 10.0. The van der Waals surface area contributed by atoms with Crippen molar-refractivity contribution in [3.63, 3.8) is 0 Å². The van der Waals surface area contributed by atoms with E-state index in [1.807, 2.05) is 17.8 Å². The molecule has 0 fully saturated rings. The van der Waals surface area contributed by atoms with E-state index >= 15 is 0 Å². The molecule has 0 saturated heterocycles. The van der Waals surface area contributed by atoms with Gasteiger partial charge in [-0.05, 0) is 42.6 Å². The summed E-state index contributed by atoms with van der Waals surface area (Å²) in [6.07, 6.45) is 3.02. The van der Waals surface area contributed by atoms with Crippen molar-refractivity contribution in [3.8, 4) is 0 Å². The summed E-state index contributed by atoms with van der Waals surface area (Å²) in [7, 11) is 2.01. The number of nitrogens with zero attached hydrogens (tertiary/aromatic N) is 1. The first-order valence-electron chi connectivity index (χ1n) is 5.55. The van der Waals surface area contributed by atoms with Gasteiger partial charge in [0.25, 0.3) is 0 Å². The third-order valence-electron chi connectivity index (χ3n) is 2.97. The Bertz CT molecular complexity index is 502. The van der Waals surface area contributed by atoms with Crippen molar-refractivity contribution < 1.29 is 0 Å². The average molecular weight is 237 g/mol. The summed E-state index contributed by atoms with van der Waals surface area (Å²) in [5.41, 5.74) is 8.01. The van der Waals surface area contributed by atoms with E-state index in [1.54, 1.807) is 0 Å². The molecule has 1 aromatic carbocycles. The molecule has 16 heavy (non-hydrogen) atoms. The molecule has 0 bridgehead atoms. The Morgan fingerprint density at radius 1 is 1.44 bits per heavy atom. The van der Waals surface area contributed by atoms with Crippen LogP contribution in [0.4, 0.5) is 0 Å². The minimum absolute atomic E-state index is 0.497. The number of nitrogens with two attached hydrogens (primary N) is 1. The highest BCUT2D eigenvalue weighted by molar-refractivity contribution is 6.35. The molecular formula is C13H17ClN2. The van der Waals surface area contributed by atoms with Crippen molar-refractivity contribution >= 4 is 22.5 Å². The van der Waals surface area contributed by atoms with E-state index < -0.39 is 0 Å². The molecule has 0 radical (unpaired) electrons. The second-order valence-corrected chi connectivity index (χ2v) is 4.89. The van der Waals surface area contributed by atoms with Gasteiger partial charge in [0.1, 0.15) is 0 Å². The number of halogens is 1. The van der Waals surface area contributed by atoms with Crippen molar-refractivity contribution in [2.24, 2.45) is 18.7 Å². The molecule has 1 atom stereocenters. The Morgan fingerprint density at radius 2 is 2.19 bits per heavy atom. The van der Waals surface area contributed by atoms with Gasteiger partial charge in [-0.2, -0.15) is 0 Å². The van der Waals surface area contributed by atoms with Crippen LogP contribution in [-0.4, -0.2) is 11.1 Å². The smallest absolute Gasteiger partial charge is 0.0667 e. The highest BCUT2D eigenvalue weighted by Gasteiger charge is 2.07. The van der Waals surface area contributed by atoms with Crippen LogP contribution in [0.1, 0.15) is 12.5 Å². The van der Waals surface area contributed by atoms with Gasteiger partial charge in [-0.25, -0.2) is 0 Å². The fourth-order valence-electron chi connectivity index (χ4n) is 2.05. The molecule has 2 nitrogen and oxygen atoms in total. The first-order valence-corrected chi connectivity index (χ1v) is 5.93. The molecule has 2 rings (SSSR count). The van der Waals surface area contributed by atoms with Gasteiger partial charge in [-0.15, -0.1) is 0 Å². The molecule has 0 aliphatic carbocycles. The maximum atomic E-state index is 6.28. The lowest BCUT2D eigenvalue weighted by Crippen LogP contribution is -2.13. The van der Waals surface area contributed by atoms with Crippen LogP contribution in [0.3, 0.4) is 0 Å². The van der Waals surface area contributed by atoms with Gasteiger partial charge in [0.2, 0.25) is 0 Å². The van der Waals surface area contributed by atoms with Crippen molar-refractivity contribution in [2.75, 3.05) is 6.54 Å². The largest absolute Gasteiger partial charge is 0.349 e. The van der Waals surface area contributed by atoms with E-state index in [0.29, 0.717) is 12.5 Å². The van der Waals surface area contributed by atoms with Gasteiger partial charge in [0, 0.05) is 18.6 Å². The zero-order chi connectivity index (χ0) is 11.7. The molecule has 0 saturated carbocycles. The monoisotopic (exact) mass is 236 g/mol. The molecule has 0 aliphatic rings. The van der Waals surface area contributed by atoms with Crippen LogP contribution in [-0.2, 0) is 13.5 Å². The van der Waals surface area contributed by atoms with E-state index in [2.05, 4.69) is 25.1 Å². The summed E-state index contributed by atoms with van der Waals surface area (Å²) in [4.78, 5) is 0. The number of aromatic nitrogens is 1. The number of fused-ring (bicyclic) bond motifs is 1. The molecule has 0 spiro atoms. The fourth-order valence-corrected chi connectivity index (χ4v) is 2.43. The highest BCUT2D eigenvalue weighted by Crippen LogP contribution is 2.26. The minimum Gasteiger partial charge on any atom is -0.349 e. The normalized spacial score (nSPS) is 13.2. The Labute approximate surface area is 101 Å². The van der Waals surface area contributed by atoms with Gasteiger partial charge in [-0.3, -0.25) is 0 Å². The standard InChI is InChI=1S/C13H17ClN2/c1-9(8-15)5-10-6-11-3-4-16(2)13(11)12(14)7-10/h3-4,6-7,9H,5,8,15H2,1-2H3. The van der Waals surface area contributed by atoms with Crippen LogP contribution in [0.15, 0.2) is 24.4 Å². The number of benzene rings is 1. The van der Waals surface area contributed by atoms with E-state index in [0.717, 1.165) is 17.0 Å². The topological polar surface area (TPSA) is 30.9 Å². The van der Waals surface area contributed by atoms with E-state index in [9.17, 15) is 0 Å². The zero-order valence-electron chi connectivity index (χ0n) is 9.70. The zero-order valence-corrected chi connectivity index (χ0v) is 10.5. The lowest BCUT2D eigenvalue weighted by molar-refractivity contribution is 0.593. The van der Waals surface area contributed by atoms with Gasteiger partial charge in [-0.1, -0.05) is 18.5 Å². The van der Waals surface area contributed by atoms with E-state index in [-0.39, 0.29) is 0 Å². The molecule has 0 aliphatic heterocycles. The first-order chi connectivity index (χ1) is 7.61. The summed E-state index contributed by atoms with van der Waals surface area (Å²) in [6, 6.07) is 6.35. The SMILES string of the molecule is CC(CN)Cc1cc(Cl)c2c(ccn2C)c1. The van der Waals surface area contributed by atoms with Crippen molar-refractivity contribution in [2.45, 2.75) is 13.3 Å². The van der Waals surface area contributed by atoms with Crippen LogP contribution in [0.5, 0.6) is 0 Å². The van der Waals surface area contributed by atoms with Crippen LogP contribution in [0.25, 0.3) is 10.9 Å². The molecule has 86 valence electrons. The van der Waals surface area contributed by atoms with Crippen LogP contribution < -0.4 is 5.73 Å². The molecule has 2 N–H and O–H groups in total. The van der Waals surface area contributed by atoms with E-state index in [1.165, 1.54) is 10.9 Å². The summed E-state index contributed by atoms with van der Waals surface area (Å²) in [5, 5.41) is 2.03. The molecule has 2 aromatic rings. The third-order valence-corrected chi connectivity index (χ3v) is 3.26. The molecule has 1 unspecified atom stereocenters. The van der Waals surface area contributed by atoms with Gasteiger partial charge >= 0.3 is 0 Å². The molecular weight excluding hydrogens is 220 g/mol. The number of hydrogen-bond acceptors (Lipinski definition) is 1. The maximum absolute atomic E-state index is 6.28.